The van der Waals surface area contributed by atoms with Crippen LogP contribution in [0.4, 0.5) is 0 Å². The molecule has 0 amide bonds. The van der Waals surface area contributed by atoms with E-state index in [-0.39, 0.29) is 12.1 Å². The first-order chi connectivity index (χ1) is 9.65. The Balaban J connectivity index is 2.72. The van der Waals surface area contributed by atoms with Crippen molar-refractivity contribution in [2.45, 2.75) is 19.1 Å². The van der Waals surface area contributed by atoms with Crippen LogP contribution in [-0.4, -0.2) is 47.7 Å². The summed E-state index contributed by atoms with van der Waals surface area (Å²) in [4.78, 5) is 0. The Bertz CT molecular complexity index is 397. The van der Waals surface area contributed by atoms with Crippen LogP contribution in [-0.2, 0) is 9.47 Å². The molecule has 20 heavy (non-hydrogen) atoms. The van der Waals surface area contributed by atoms with Gasteiger partial charge in [-0.05, 0) is 25.1 Å². The molecule has 1 aromatic carbocycles. The maximum absolute atomic E-state index is 5.40. The van der Waals surface area contributed by atoms with Crippen LogP contribution in [0.3, 0.4) is 0 Å². The maximum atomic E-state index is 5.40. The van der Waals surface area contributed by atoms with Crippen LogP contribution in [0.15, 0.2) is 18.2 Å². The zero-order chi connectivity index (χ0) is 15.0. The van der Waals surface area contributed by atoms with Gasteiger partial charge in [-0.1, -0.05) is 0 Å². The summed E-state index contributed by atoms with van der Waals surface area (Å²) in [5.41, 5.74) is 1.05. The van der Waals surface area contributed by atoms with Gasteiger partial charge in [0.15, 0.2) is 0 Å². The highest BCUT2D eigenvalue weighted by Gasteiger charge is 2.14. The molecule has 0 aromatic heterocycles. The molecule has 2 atom stereocenters. The van der Waals surface area contributed by atoms with Crippen LogP contribution >= 0.6 is 0 Å². The molecule has 114 valence electrons. The standard InChI is InChI=1S/C15H25NO4/c1-11(16-9-13(19-4)10-17-2)14-8-12(18-3)6-7-15(14)20-5/h6-8,11,13,16H,9-10H2,1-5H3. The SMILES string of the molecule is COCC(CNC(C)c1cc(OC)ccc1OC)OC. The third kappa shape index (κ3) is 4.67. The Hall–Kier alpha value is -1.30. The van der Waals surface area contributed by atoms with E-state index in [1.54, 1.807) is 28.4 Å². The molecule has 1 N–H and O–H groups in total. The number of ether oxygens (including phenoxy) is 4. The lowest BCUT2D eigenvalue weighted by Crippen LogP contribution is -2.33. The minimum absolute atomic E-state index is 0.0269. The Labute approximate surface area is 121 Å². The summed E-state index contributed by atoms with van der Waals surface area (Å²) in [7, 11) is 6.67. The molecule has 0 bridgehead atoms. The van der Waals surface area contributed by atoms with Crippen molar-refractivity contribution >= 4 is 0 Å². The average Bonchev–Trinajstić information content (AvgIpc) is 2.50. The summed E-state index contributed by atoms with van der Waals surface area (Å²) < 4.78 is 21.1. The van der Waals surface area contributed by atoms with E-state index in [9.17, 15) is 0 Å². The zero-order valence-corrected chi connectivity index (χ0v) is 12.9. The fourth-order valence-corrected chi connectivity index (χ4v) is 1.99. The minimum atomic E-state index is 0.0269. The van der Waals surface area contributed by atoms with Crippen molar-refractivity contribution in [1.29, 1.82) is 0 Å². The summed E-state index contributed by atoms with van der Waals surface area (Å²) in [5, 5.41) is 3.42. The van der Waals surface area contributed by atoms with E-state index in [0.717, 1.165) is 17.1 Å². The number of methoxy groups -OCH3 is 4. The smallest absolute Gasteiger partial charge is 0.123 e. The molecule has 0 aliphatic heterocycles. The molecule has 5 nitrogen and oxygen atoms in total. The van der Waals surface area contributed by atoms with Crippen molar-refractivity contribution in [3.8, 4) is 11.5 Å². The molecule has 0 spiro atoms. The third-order valence-electron chi connectivity index (χ3n) is 3.24. The maximum Gasteiger partial charge on any atom is 0.123 e. The van der Waals surface area contributed by atoms with Gasteiger partial charge in [-0.25, -0.2) is 0 Å². The van der Waals surface area contributed by atoms with Crippen LogP contribution in [0.5, 0.6) is 11.5 Å². The van der Waals surface area contributed by atoms with Crippen molar-refractivity contribution in [3.63, 3.8) is 0 Å². The Morgan fingerprint density at radius 3 is 2.40 bits per heavy atom. The van der Waals surface area contributed by atoms with E-state index in [1.165, 1.54) is 0 Å². The van der Waals surface area contributed by atoms with E-state index in [1.807, 2.05) is 18.2 Å². The van der Waals surface area contributed by atoms with Crippen LogP contribution in [0.1, 0.15) is 18.5 Å². The van der Waals surface area contributed by atoms with Gasteiger partial charge in [-0.15, -0.1) is 0 Å². The van der Waals surface area contributed by atoms with Gasteiger partial charge >= 0.3 is 0 Å². The topological polar surface area (TPSA) is 49.0 Å². The number of benzene rings is 1. The summed E-state index contributed by atoms with van der Waals surface area (Å²) in [5.74, 6) is 1.65. The fraction of sp³-hybridized carbons (Fsp3) is 0.600. The number of hydrogen-bond donors (Lipinski definition) is 1. The molecule has 0 saturated heterocycles. The van der Waals surface area contributed by atoms with Crippen molar-refractivity contribution in [3.05, 3.63) is 23.8 Å². The van der Waals surface area contributed by atoms with Gasteiger partial charge in [0.2, 0.25) is 0 Å². The second kappa shape index (κ2) is 8.79. The van der Waals surface area contributed by atoms with Gasteiger partial charge in [-0.2, -0.15) is 0 Å². The van der Waals surface area contributed by atoms with Gasteiger partial charge in [0.1, 0.15) is 11.5 Å². The van der Waals surface area contributed by atoms with Crippen molar-refractivity contribution < 1.29 is 18.9 Å². The van der Waals surface area contributed by atoms with Gasteiger partial charge in [-0.3, -0.25) is 0 Å². The van der Waals surface area contributed by atoms with Gasteiger partial charge < -0.3 is 24.3 Å². The highest BCUT2D eigenvalue weighted by Crippen LogP contribution is 2.29. The van der Waals surface area contributed by atoms with Crippen LogP contribution in [0.2, 0.25) is 0 Å². The lowest BCUT2D eigenvalue weighted by Gasteiger charge is -2.21. The molecule has 0 fully saturated rings. The van der Waals surface area contributed by atoms with Gasteiger partial charge in [0.25, 0.3) is 0 Å². The molecule has 1 rings (SSSR count). The van der Waals surface area contributed by atoms with Crippen LogP contribution in [0, 0.1) is 0 Å². The molecule has 5 heteroatoms. The Kier molecular flexibility index (Phi) is 7.36. The van der Waals surface area contributed by atoms with E-state index in [0.29, 0.717) is 13.2 Å². The Morgan fingerprint density at radius 2 is 1.85 bits per heavy atom. The first-order valence-corrected chi connectivity index (χ1v) is 6.63. The minimum Gasteiger partial charge on any atom is -0.497 e. The van der Waals surface area contributed by atoms with Crippen molar-refractivity contribution in [2.75, 3.05) is 41.6 Å². The summed E-state index contributed by atoms with van der Waals surface area (Å²) in [6, 6.07) is 5.90. The van der Waals surface area contributed by atoms with Crippen molar-refractivity contribution in [2.24, 2.45) is 0 Å². The van der Waals surface area contributed by atoms with Crippen LogP contribution < -0.4 is 14.8 Å². The number of rotatable bonds is 9. The lowest BCUT2D eigenvalue weighted by molar-refractivity contribution is 0.0276. The van der Waals surface area contributed by atoms with E-state index in [4.69, 9.17) is 18.9 Å². The second-order valence-electron chi connectivity index (χ2n) is 4.55. The third-order valence-corrected chi connectivity index (χ3v) is 3.24. The molecule has 0 heterocycles. The van der Waals surface area contributed by atoms with E-state index in [2.05, 4.69) is 12.2 Å². The monoisotopic (exact) mass is 283 g/mol. The zero-order valence-electron chi connectivity index (χ0n) is 12.9. The number of nitrogens with one attached hydrogen (secondary N) is 1. The van der Waals surface area contributed by atoms with Gasteiger partial charge in [0.05, 0.1) is 26.9 Å². The quantitative estimate of drug-likeness (QED) is 0.751. The molecule has 0 saturated carbocycles. The molecule has 0 aliphatic rings. The predicted octanol–water partition coefficient (Wildman–Crippen LogP) is 2.02. The molecule has 2 unspecified atom stereocenters. The Morgan fingerprint density at radius 1 is 1.10 bits per heavy atom. The number of hydrogen-bond acceptors (Lipinski definition) is 5. The van der Waals surface area contributed by atoms with Crippen LogP contribution in [0.25, 0.3) is 0 Å². The first kappa shape index (κ1) is 16.8. The second-order valence-corrected chi connectivity index (χ2v) is 4.55. The summed E-state index contributed by atoms with van der Waals surface area (Å²) in [6.07, 6.45) is 0.0269. The highest BCUT2D eigenvalue weighted by atomic mass is 16.5. The fourth-order valence-electron chi connectivity index (χ4n) is 1.99. The van der Waals surface area contributed by atoms with E-state index >= 15 is 0 Å². The normalized spacial score (nSPS) is 13.8. The molecule has 1 aromatic rings. The predicted molar refractivity (Wildman–Crippen MR) is 78.6 cm³/mol. The first-order valence-electron chi connectivity index (χ1n) is 6.63. The molecular weight excluding hydrogens is 258 g/mol. The summed E-state index contributed by atoms with van der Waals surface area (Å²) in [6.45, 7) is 3.34. The largest absolute Gasteiger partial charge is 0.497 e. The average molecular weight is 283 g/mol. The lowest BCUT2D eigenvalue weighted by atomic mass is 10.1. The van der Waals surface area contributed by atoms with Gasteiger partial charge in [0, 0.05) is 32.4 Å². The molecule has 0 radical (unpaired) electrons. The molecular formula is C15H25NO4. The highest BCUT2D eigenvalue weighted by molar-refractivity contribution is 5.42. The van der Waals surface area contributed by atoms with E-state index < -0.39 is 0 Å². The molecule has 0 aliphatic carbocycles. The summed E-state index contributed by atoms with van der Waals surface area (Å²) >= 11 is 0. The van der Waals surface area contributed by atoms with Crippen molar-refractivity contribution in [1.82, 2.24) is 5.32 Å².